The van der Waals surface area contributed by atoms with Gasteiger partial charge in [-0.15, -0.1) is 6.58 Å². The van der Waals surface area contributed by atoms with E-state index in [9.17, 15) is 9.59 Å². The molecule has 0 saturated heterocycles. The summed E-state index contributed by atoms with van der Waals surface area (Å²) in [4.78, 5) is 30.1. The highest BCUT2D eigenvalue weighted by Gasteiger charge is 2.27. The first-order valence-electron chi connectivity index (χ1n) is 12.5. The minimum absolute atomic E-state index is 0.0218. The molecule has 1 aliphatic rings. The minimum atomic E-state index is -0.435. The number of rotatable bonds is 6. The van der Waals surface area contributed by atoms with Gasteiger partial charge in [-0.25, -0.2) is 4.79 Å². The van der Waals surface area contributed by atoms with E-state index in [-0.39, 0.29) is 11.7 Å². The van der Waals surface area contributed by atoms with Gasteiger partial charge in [0.05, 0.1) is 5.71 Å². The van der Waals surface area contributed by atoms with Gasteiger partial charge in [0.25, 0.3) is 0 Å². The highest BCUT2D eigenvalue weighted by atomic mass is 16.7. The van der Waals surface area contributed by atoms with Crippen LogP contribution in [0, 0.1) is 12.8 Å². The topological polar surface area (TPSA) is 60.7 Å². The summed E-state index contributed by atoms with van der Waals surface area (Å²) in [6.07, 6.45) is 4.50. The molecule has 1 aromatic heterocycles. The van der Waals surface area contributed by atoms with E-state index in [1.807, 2.05) is 49.4 Å². The Morgan fingerprint density at radius 1 is 1.11 bits per heavy atom. The van der Waals surface area contributed by atoms with Gasteiger partial charge < -0.3 is 9.40 Å². The highest BCUT2D eigenvalue weighted by molar-refractivity contribution is 6.17. The molecule has 3 aromatic carbocycles. The number of nitrogens with zero attached hydrogens (tertiary/aromatic N) is 2. The van der Waals surface area contributed by atoms with Gasteiger partial charge in [-0.1, -0.05) is 35.5 Å². The normalized spacial score (nSPS) is 16.3. The van der Waals surface area contributed by atoms with Gasteiger partial charge in [0.1, 0.15) is 0 Å². The minimum Gasteiger partial charge on any atom is -0.341 e. The number of aryl methyl sites for hydroxylation is 3. The molecule has 1 heterocycles. The summed E-state index contributed by atoms with van der Waals surface area (Å²) in [7, 11) is 0. The third kappa shape index (κ3) is 4.05. The van der Waals surface area contributed by atoms with E-state index in [2.05, 4.69) is 41.4 Å². The van der Waals surface area contributed by atoms with Crippen molar-refractivity contribution in [2.24, 2.45) is 11.1 Å². The number of carbonyl (C=O) groups excluding carboxylic acids is 2. The summed E-state index contributed by atoms with van der Waals surface area (Å²) in [5.74, 6) is -0.270. The molecule has 1 unspecified atom stereocenters. The molecule has 0 saturated carbocycles. The first kappa shape index (κ1) is 23.7. The van der Waals surface area contributed by atoms with Crippen molar-refractivity contribution < 1.29 is 14.4 Å². The number of aromatic nitrogens is 1. The summed E-state index contributed by atoms with van der Waals surface area (Å²) in [5, 5.41) is 6.39. The van der Waals surface area contributed by atoms with E-state index in [0.29, 0.717) is 5.56 Å². The lowest BCUT2D eigenvalue weighted by Gasteiger charge is -2.25. The summed E-state index contributed by atoms with van der Waals surface area (Å²) in [6, 6.07) is 18.1. The van der Waals surface area contributed by atoms with Crippen LogP contribution in [0.25, 0.3) is 21.8 Å². The zero-order chi connectivity index (χ0) is 25.4. The highest BCUT2D eigenvalue weighted by Crippen LogP contribution is 2.37. The zero-order valence-electron chi connectivity index (χ0n) is 21.0. The van der Waals surface area contributed by atoms with E-state index in [1.165, 1.54) is 12.5 Å². The summed E-state index contributed by atoms with van der Waals surface area (Å²) in [5.41, 5.74) is 7.58. The number of allylic oxidation sites excluding steroid dienone is 1. The van der Waals surface area contributed by atoms with Crippen LogP contribution in [-0.4, -0.2) is 22.0 Å². The Morgan fingerprint density at radius 3 is 2.61 bits per heavy atom. The molecular formula is C31H30N2O3. The molecule has 182 valence electrons. The van der Waals surface area contributed by atoms with Crippen molar-refractivity contribution in [2.45, 2.75) is 46.6 Å². The quantitative estimate of drug-likeness (QED) is 0.133. The van der Waals surface area contributed by atoms with Crippen molar-refractivity contribution in [3.05, 3.63) is 95.1 Å². The second kappa shape index (κ2) is 9.57. The molecule has 5 nitrogen and oxygen atoms in total. The maximum Gasteiger partial charge on any atom is 0.331 e. The standard InChI is InChI=1S/C31H30N2O3/c1-5-9-21-12-13-22-17-29-27(18-25(22)30(21)32-36-20(4)34)26-16-23(14-15-28(26)33(29)6-2)31(35)24-11-8-7-10-19(24)3/h5,7-8,10-11,14-18,21H,1,6,9,12-13H2,2-4H3/b32-30+. The third-order valence-electron chi connectivity index (χ3n) is 7.21. The van der Waals surface area contributed by atoms with Gasteiger partial charge in [-0.2, -0.15) is 0 Å². The molecule has 0 bridgehead atoms. The van der Waals surface area contributed by atoms with Crippen molar-refractivity contribution in [2.75, 3.05) is 0 Å². The number of hydrogen-bond acceptors (Lipinski definition) is 4. The van der Waals surface area contributed by atoms with Crippen LogP contribution in [0.2, 0.25) is 0 Å². The molecular weight excluding hydrogens is 448 g/mol. The Kier molecular flexibility index (Phi) is 6.31. The Morgan fingerprint density at radius 2 is 1.89 bits per heavy atom. The van der Waals surface area contributed by atoms with Crippen molar-refractivity contribution in [1.82, 2.24) is 4.57 Å². The average Bonchev–Trinajstić information content (AvgIpc) is 3.18. The van der Waals surface area contributed by atoms with E-state index in [1.54, 1.807) is 0 Å². The smallest absolute Gasteiger partial charge is 0.331 e. The monoisotopic (exact) mass is 478 g/mol. The van der Waals surface area contributed by atoms with E-state index >= 15 is 0 Å². The molecule has 1 aliphatic carbocycles. The fourth-order valence-electron chi connectivity index (χ4n) is 5.45. The van der Waals surface area contributed by atoms with E-state index < -0.39 is 5.97 Å². The Bertz CT molecular complexity index is 1560. The van der Waals surface area contributed by atoms with E-state index in [0.717, 1.165) is 70.0 Å². The number of benzene rings is 3. The molecule has 5 heteroatoms. The van der Waals surface area contributed by atoms with Crippen LogP contribution < -0.4 is 0 Å². The van der Waals surface area contributed by atoms with Gasteiger partial charge in [0, 0.05) is 57.9 Å². The van der Waals surface area contributed by atoms with Gasteiger partial charge in [0.15, 0.2) is 5.78 Å². The zero-order valence-corrected chi connectivity index (χ0v) is 21.0. The Balaban J connectivity index is 1.72. The number of carbonyl (C=O) groups is 2. The maximum absolute atomic E-state index is 13.4. The van der Waals surface area contributed by atoms with E-state index in [4.69, 9.17) is 4.84 Å². The SMILES string of the molecule is C=CCC1CCc2cc3c(cc2/C1=N/OC(C)=O)c1cc(C(=O)c2ccccc2C)ccc1n3CC. The van der Waals surface area contributed by atoms with Crippen molar-refractivity contribution in [3.63, 3.8) is 0 Å². The lowest BCUT2D eigenvalue weighted by Crippen LogP contribution is -2.24. The number of oxime groups is 1. The van der Waals surface area contributed by atoms with Crippen LogP contribution >= 0.6 is 0 Å². The number of fused-ring (bicyclic) bond motifs is 4. The number of hydrogen-bond donors (Lipinski definition) is 0. The lowest BCUT2D eigenvalue weighted by molar-refractivity contribution is -0.140. The average molecular weight is 479 g/mol. The predicted molar refractivity (Wildman–Crippen MR) is 145 cm³/mol. The molecule has 0 aliphatic heterocycles. The van der Waals surface area contributed by atoms with Crippen molar-refractivity contribution in [1.29, 1.82) is 0 Å². The van der Waals surface area contributed by atoms with Crippen LogP contribution in [-0.2, 0) is 22.6 Å². The fourth-order valence-corrected chi connectivity index (χ4v) is 5.45. The van der Waals surface area contributed by atoms with Gasteiger partial charge >= 0.3 is 5.97 Å². The summed E-state index contributed by atoms with van der Waals surface area (Å²) >= 11 is 0. The van der Waals surface area contributed by atoms with Gasteiger partial charge in [-0.05, 0) is 74.6 Å². The molecule has 0 fully saturated rings. The second-order valence-corrected chi connectivity index (χ2v) is 9.47. The van der Waals surface area contributed by atoms with Crippen LogP contribution in [0.5, 0.6) is 0 Å². The molecule has 0 N–H and O–H groups in total. The van der Waals surface area contributed by atoms with Crippen LogP contribution in [0.15, 0.2) is 72.4 Å². The molecule has 4 aromatic rings. The van der Waals surface area contributed by atoms with Gasteiger partial charge in [0.2, 0.25) is 0 Å². The molecule has 0 amide bonds. The predicted octanol–water partition coefficient (Wildman–Crippen LogP) is 6.76. The molecule has 36 heavy (non-hydrogen) atoms. The largest absolute Gasteiger partial charge is 0.341 e. The Labute approximate surface area is 211 Å². The molecule has 1 atom stereocenters. The van der Waals surface area contributed by atoms with Crippen molar-refractivity contribution in [3.8, 4) is 0 Å². The first-order valence-corrected chi connectivity index (χ1v) is 12.5. The Hall–Kier alpha value is -3.99. The first-order chi connectivity index (χ1) is 17.4. The lowest BCUT2D eigenvalue weighted by atomic mass is 9.80. The number of ketones is 1. The summed E-state index contributed by atoms with van der Waals surface area (Å²) in [6.45, 7) is 10.2. The molecule has 0 radical (unpaired) electrons. The second-order valence-electron chi connectivity index (χ2n) is 9.47. The van der Waals surface area contributed by atoms with Crippen LogP contribution in [0.1, 0.15) is 59.3 Å². The van der Waals surface area contributed by atoms with Gasteiger partial charge in [-0.3, -0.25) is 4.79 Å². The maximum atomic E-state index is 13.4. The molecule has 0 spiro atoms. The molecule has 5 rings (SSSR count). The fraction of sp³-hybridized carbons (Fsp3) is 0.258. The van der Waals surface area contributed by atoms with Crippen molar-refractivity contribution >= 4 is 39.3 Å². The van der Waals surface area contributed by atoms with Crippen LogP contribution in [0.4, 0.5) is 0 Å². The summed E-state index contributed by atoms with van der Waals surface area (Å²) < 4.78 is 2.30. The third-order valence-corrected chi connectivity index (χ3v) is 7.21. The van der Waals surface area contributed by atoms with Crippen LogP contribution in [0.3, 0.4) is 0 Å².